The van der Waals surface area contributed by atoms with Crippen molar-refractivity contribution in [3.63, 3.8) is 0 Å². The van der Waals surface area contributed by atoms with E-state index in [1.54, 1.807) is 37.4 Å². The van der Waals surface area contributed by atoms with Gasteiger partial charge in [0.05, 0.1) is 38.7 Å². The summed E-state index contributed by atoms with van der Waals surface area (Å²) >= 11 is 1.33. The third-order valence-electron chi connectivity index (χ3n) is 3.46. The number of esters is 1. The Morgan fingerprint density at radius 3 is 2.46 bits per heavy atom. The van der Waals surface area contributed by atoms with Gasteiger partial charge < -0.3 is 19.5 Å². The van der Waals surface area contributed by atoms with E-state index in [9.17, 15) is 9.59 Å². The van der Waals surface area contributed by atoms with Crippen LogP contribution >= 0.6 is 11.3 Å². The molecule has 0 aliphatic rings. The molecule has 1 aromatic heterocycles. The van der Waals surface area contributed by atoms with Gasteiger partial charge >= 0.3 is 5.97 Å². The van der Waals surface area contributed by atoms with E-state index in [0.717, 1.165) is 5.56 Å². The minimum absolute atomic E-state index is 0.0170. The van der Waals surface area contributed by atoms with Crippen molar-refractivity contribution in [2.45, 2.75) is 12.5 Å². The third kappa shape index (κ3) is 4.26. The highest BCUT2D eigenvalue weighted by atomic mass is 32.1. The van der Waals surface area contributed by atoms with Gasteiger partial charge in [-0.25, -0.2) is 0 Å². The summed E-state index contributed by atoms with van der Waals surface area (Å²) in [6.07, 6.45) is 0.0170. The lowest BCUT2D eigenvalue weighted by atomic mass is 10.0. The van der Waals surface area contributed by atoms with Crippen molar-refractivity contribution in [1.82, 2.24) is 5.32 Å². The molecule has 2 rings (SSSR count). The normalized spacial score (nSPS) is 11.5. The average molecular weight is 349 g/mol. The van der Waals surface area contributed by atoms with E-state index in [2.05, 4.69) is 5.32 Å². The molecule has 0 unspecified atom stereocenters. The molecule has 0 aliphatic heterocycles. The second-order valence-electron chi connectivity index (χ2n) is 4.90. The number of nitrogens with one attached hydrogen (secondary N) is 1. The van der Waals surface area contributed by atoms with Crippen LogP contribution in [-0.2, 0) is 9.53 Å². The van der Waals surface area contributed by atoms with E-state index >= 15 is 0 Å². The maximum Gasteiger partial charge on any atom is 0.307 e. The van der Waals surface area contributed by atoms with Gasteiger partial charge in [0.15, 0.2) is 11.5 Å². The molecule has 1 N–H and O–H groups in total. The molecule has 0 bridgehead atoms. The van der Waals surface area contributed by atoms with Gasteiger partial charge in [-0.1, -0.05) is 12.1 Å². The van der Waals surface area contributed by atoms with Crippen LogP contribution in [-0.4, -0.2) is 33.2 Å². The van der Waals surface area contributed by atoms with Crippen LogP contribution in [0.4, 0.5) is 0 Å². The summed E-state index contributed by atoms with van der Waals surface area (Å²) in [5.74, 6) is 0.438. The molecular weight excluding hydrogens is 330 g/mol. The van der Waals surface area contributed by atoms with Crippen LogP contribution in [0.1, 0.15) is 27.7 Å². The number of benzene rings is 1. The van der Waals surface area contributed by atoms with Gasteiger partial charge in [0.2, 0.25) is 0 Å². The van der Waals surface area contributed by atoms with Crippen molar-refractivity contribution in [3.8, 4) is 11.5 Å². The van der Waals surface area contributed by atoms with Crippen LogP contribution in [0.25, 0.3) is 0 Å². The molecule has 0 radical (unpaired) electrons. The van der Waals surface area contributed by atoms with Gasteiger partial charge in [0.1, 0.15) is 0 Å². The smallest absolute Gasteiger partial charge is 0.307 e. The molecule has 0 spiro atoms. The van der Waals surface area contributed by atoms with Gasteiger partial charge in [-0.15, -0.1) is 11.3 Å². The molecule has 0 fully saturated rings. The minimum Gasteiger partial charge on any atom is -0.493 e. The Morgan fingerprint density at radius 2 is 1.88 bits per heavy atom. The van der Waals surface area contributed by atoms with Crippen molar-refractivity contribution >= 4 is 23.2 Å². The molecule has 1 amide bonds. The highest BCUT2D eigenvalue weighted by Crippen LogP contribution is 2.31. The lowest BCUT2D eigenvalue weighted by molar-refractivity contribution is -0.141. The van der Waals surface area contributed by atoms with E-state index in [0.29, 0.717) is 16.4 Å². The molecule has 2 aromatic rings. The Balaban J connectivity index is 2.28. The number of amides is 1. The zero-order valence-corrected chi connectivity index (χ0v) is 14.5. The lowest BCUT2D eigenvalue weighted by Crippen LogP contribution is -2.30. The maximum absolute atomic E-state index is 12.3. The maximum atomic E-state index is 12.3. The SMILES string of the molecule is COC(=O)C[C@@H](NC(=O)c1cccs1)c1ccc(OC)c(OC)c1. The van der Waals surface area contributed by atoms with Crippen LogP contribution in [0.15, 0.2) is 35.7 Å². The van der Waals surface area contributed by atoms with E-state index < -0.39 is 12.0 Å². The fourth-order valence-corrected chi connectivity index (χ4v) is 2.84. The molecule has 128 valence electrons. The Bertz CT molecular complexity index is 699. The first kappa shape index (κ1) is 17.8. The molecule has 0 saturated carbocycles. The molecule has 1 atom stereocenters. The Kier molecular flexibility index (Phi) is 6.20. The Hall–Kier alpha value is -2.54. The standard InChI is InChI=1S/C17H19NO5S/c1-21-13-7-6-11(9-14(13)22-2)12(10-16(19)23-3)18-17(20)15-5-4-8-24-15/h4-9,12H,10H2,1-3H3,(H,18,20)/t12-/m1/s1. The monoisotopic (exact) mass is 349 g/mol. The quantitative estimate of drug-likeness (QED) is 0.778. The minimum atomic E-state index is -0.535. The second-order valence-corrected chi connectivity index (χ2v) is 5.85. The topological polar surface area (TPSA) is 73.9 Å². The van der Waals surface area contributed by atoms with Crippen LogP contribution in [0, 0.1) is 0 Å². The lowest BCUT2D eigenvalue weighted by Gasteiger charge is -2.19. The fraction of sp³-hybridized carbons (Fsp3) is 0.294. The van der Waals surface area contributed by atoms with E-state index in [1.807, 2.05) is 5.38 Å². The largest absolute Gasteiger partial charge is 0.493 e. The number of carbonyl (C=O) groups is 2. The molecule has 0 aliphatic carbocycles. The molecular formula is C17H19NO5S. The van der Waals surface area contributed by atoms with E-state index in [4.69, 9.17) is 14.2 Å². The summed E-state index contributed by atoms with van der Waals surface area (Å²) in [6, 6.07) is 8.24. The first-order chi connectivity index (χ1) is 11.6. The third-order valence-corrected chi connectivity index (χ3v) is 4.33. The van der Waals surface area contributed by atoms with Crippen molar-refractivity contribution in [1.29, 1.82) is 0 Å². The van der Waals surface area contributed by atoms with Gasteiger partial charge in [0.25, 0.3) is 5.91 Å². The highest BCUT2D eigenvalue weighted by molar-refractivity contribution is 7.12. The fourth-order valence-electron chi connectivity index (χ4n) is 2.21. The number of ether oxygens (including phenoxy) is 3. The van der Waals surface area contributed by atoms with Crippen molar-refractivity contribution in [2.75, 3.05) is 21.3 Å². The summed E-state index contributed by atoms with van der Waals surface area (Å²) in [5, 5.41) is 4.68. The predicted octanol–water partition coefficient (Wildman–Crippen LogP) is 2.80. The number of carbonyl (C=O) groups excluding carboxylic acids is 2. The summed E-state index contributed by atoms with van der Waals surface area (Å²) in [7, 11) is 4.39. The van der Waals surface area contributed by atoms with Crippen LogP contribution in [0.2, 0.25) is 0 Å². The van der Waals surface area contributed by atoms with Crippen LogP contribution in [0.5, 0.6) is 11.5 Å². The average Bonchev–Trinajstić information content (AvgIpc) is 3.15. The summed E-state index contributed by atoms with van der Waals surface area (Å²) in [5.41, 5.74) is 0.725. The molecule has 1 heterocycles. The number of rotatable bonds is 7. The molecule has 6 nitrogen and oxygen atoms in total. The zero-order valence-electron chi connectivity index (χ0n) is 13.7. The Morgan fingerprint density at radius 1 is 1.12 bits per heavy atom. The Labute approximate surface area is 144 Å². The highest BCUT2D eigenvalue weighted by Gasteiger charge is 2.21. The zero-order chi connectivity index (χ0) is 17.5. The summed E-state index contributed by atoms with van der Waals surface area (Å²) in [4.78, 5) is 24.6. The molecule has 1 aromatic carbocycles. The van der Waals surface area contributed by atoms with Gasteiger partial charge in [-0.3, -0.25) is 9.59 Å². The number of thiophene rings is 1. The van der Waals surface area contributed by atoms with Crippen molar-refractivity contribution in [2.24, 2.45) is 0 Å². The number of hydrogen-bond donors (Lipinski definition) is 1. The first-order valence-electron chi connectivity index (χ1n) is 7.22. The molecule has 7 heteroatoms. The number of methoxy groups -OCH3 is 3. The van der Waals surface area contributed by atoms with Gasteiger partial charge in [-0.2, -0.15) is 0 Å². The summed E-state index contributed by atoms with van der Waals surface area (Å²) in [6.45, 7) is 0. The molecule has 0 saturated heterocycles. The predicted molar refractivity (Wildman–Crippen MR) is 90.7 cm³/mol. The molecule has 24 heavy (non-hydrogen) atoms. The van der Waals surface area contributed by atoms with E-state index in [1.165, 1.54) is 25.6 Å². The van der Waals surface area contributed by atoms with Gasteiger partial charge in [0, 0.05) is 0 Å². The first-order valence-corrected chi connectivity index (χ1v) is 8.10. The summed E-state index contributed by atoms with van der Waals surface area (Å²) < 4.78 is 15.2. The van der Waals surface area contributed by atoms with Crippen molar-refractivity contribution < 1.29 is 23.8 Å². The van der Waals surface area contributed by atoms with E-state index in [-0.39, 0.29) is 12.3 Å². The van der Waals surface area contributed by atoms with Gasteiger partial charge in [-0.05, 0) is 29.1 Å². The second kappa shape index (κ2) is 8.35. The van der Waals surface area contributed by atoms with Crippen molar-refractivity contribution in [3.05, 3.63) is 46.2 Å². The number of hydrogen-bond acceptors (Lipinski definition) is 6. The van der Waals surface area contributed by atoms with Crippen LogP contribution < -0.4 is 14.8 Å². The van der Waals surface area contributed by atoms with Crippen LogP contribution in [0.3, 0.4) is 0 Å².